The van der Waals surface area contributed by atoms with E-state index >= 15 is 0 Å². The molecular weight excluding hydrogens is 304 g/mol. The molecule has 1 unspecified atom stereocenters. The normalized spacial score (nSPS) is 16.2. The maximum absolute atomic E-state index is 14.1. The van der Waals surface area contributed by atoms with Crippen LogP contribution in [-0.2, 0) is 19.6 Å². The van der Waals surface area contributed by atoms with E-state index in [9.17, 15) is 13.9 Å². The summed E-state index contributed by atoms with van der Waals surface area (Å²) in [4.78, 5) is 2.00. The Morgan fingerprint density at radius 3 is 2.83 bits per heavy atom. The highest BCUT2D eigenvalue weighted by atomic mass is 19.2. The van der Waals surface area contributed by atoms with Gasteiger partial charge in [0, 0.05) is 25.2 Å². The Kier molecular flexibility index (Phi) is 4.32. The van der Waals surface area contributed by atoms with E-state index in [0.717, 1.165) is 11.8 Å². The predicted molar refractivity (Wildman–Crippen MR) is 79.9 cm³/mol. The number of methoxy groups -OCH3 is 1. The van der Waals surface area contributed by atoms with Crippen LogP contribution in [0.1, 0.15) is 30.0 Å². The number of halogens is 2. The fourth-order valence-electron chi connectivity index (χ4n) is 2.82. The van der Waals surface area contributed by atoms with E-state index in [1.165, 1.54) is 13.2 Å². The average molecular weight is 323 g/mol. The molecule has 1 aliphatic heterocycles. The second-order valence-corrected chi connectivity index (χ2v) is 5.71. The van der Waals surface area contributed by atoms with Crippen molar-refractivity contribution in [3.05, 3.63) is 46.8 Å². The summed E-state index contributed by atoms with van der Waals surface area (Å²) in [5, 5.41) is 14.0. The minimum Gasteiger partial charge on any atom is -0.496 e. The average Bonchev–Trinajstić information content (AvgIpc) is 2.95. The molecule has 0 saturated carbocycles. The maximum Gasteiger partial charge on any atom is 0.167 e. The van der Waals surface area contributed by atoms with Gasteiger partial charge in [0.2, 0.25) is 0 Å². The summed E-state index contributed by atoms with van der Waals surface area (Å²) >= 11 is 0. The van der Waals surface area contributed by atoms with E-state index in [4.69, 9.17) is 4.74 Å². The van der Waals surface area contributed by atoms with Crippen molar-refractivity contribution in [3.63, 3.8) is 0 Å². The molecule has 0 bridgehead atoms. The first kappa shape index (κ1) is 15.9. The number of aromatic nitrogens is 2. The molecule has 1 aliphatic rings. The first-order chi connectivity index (χ1) is 11.0. The summed E-state index contributed by atoms with van der Waals surface area (Å²) in [6.07, 6.45) is -0.623. The summed E-state index contributed by atoms with van der Waals surface area (Å²) in [6.45, 7) is 3.77. The number of fused-ring (bicyclic) bond motifs is 1. The summed E-state index contributed by atoms with van der Waals surface area (Å²) < 4.78 is 34.6. The lowest BCUT2D eigenvalue weighted by atomic mass is 10.1. The van der Waals surface area contributed by atoms with Crippen molar-refractivity contribution in [1.82, 2.24) is 14.7 Å². The molecule has 124 valence electrons. The zero-order valence-corrected chi connectivity index (χ0v) is 13.1. The molecule has 0 radical (unpaired) electrons. The predicted octanol–water partition coefficient (Wildman–Crippen LogP) is 2.24. The minimum absolute atomic E-state index is 0.219. The highest BCUT2D eigenvalue weighted by molar-refractivity contribution is 5.35. The third-order valence-corrected chi connectivity index (χ3v) is 4.08. The number of benzene rings is 1. The molecule has 2 aromatic rings. The fourth-order valence-corrected chi connectivity index (χ4v) is 2.82. The Hall–Kier alpha value is -1.99. The monoisotopic (exact) mass is 323 g/mol. The van der Waals surface area contributed by atoms with Crippen LogP contribution in [0.5, 0.6) is 5.75 Å². The zero-order valence-electron chi connectivity index (χ0n) is 13.1. The third kappa shape index (κ3) is 3.07. The van der Waals surface area contributed by atoms with Gasteiger partial charge in [-0.2, -0.15) is 5.10 Å². The summed E-state index contributed by atoms with van der Waals surface area (Å²) in [5.41, 5.74) is 1.79. The zero-order chi connectivity index (χ0) is 16.6. The van der Waals surface area contributed by atoms with Crippen LogP contribution < -0.4 is 4.74 Å². The van der Waals surface area contributed by atoms with Crippen molar-refractivity contribution in [2.75, 3.05) is 13.7 Å². The van der Waals surface area contributed by atoms with Gasteiger partial charge in [-0.05, 0) is 25.1 Å². The van der Waals surface area contributed by atoms with E-state index < -0.39 is 17.7 Å². The van der Waals surface area contributed by atoms with Crippen molar-refractivity contribution in [3.8, 4) is 5.75 Å². The van der Waals surface area contributed by atoms with Crippen LogP contribution in [0.25, 0.3) is 0 Å². The smallest absolute Gasteiger partial charge is 0.167 e. The first-order valence-corrected chi connectivity index (χ1v) is 7.47. The Morgan fingerprint density at radius 1 is 1.35 bits per heavy atom. The van der Waals surface area contributed by atoms with Crippen LogP contribution in [-0.4, -0.2) is 33.4 Å². The van der Waals surface area contributed by atoms with Crippen LogP contribution in [0.4, 0.5) is 8.78 Å². The van der Waals surface area contributed by atoms with E-state index in [2.05, 4.69) is 5.10 Å². The van der Waals surface area contributed by atoms with E-state index in [1.54, 1.807) is 6.92 Å². The van der Waals surface area contributed by atoms with Crippen LogP contribution in [0.15, 0.2) is 18.2 Å². The molecule has 1 aromatic carbocycles. The summed E-state index contributed by atoms with van der Waals surface area (Å²) in [5.74, 6) is -1.40. The minimum atomic E-state index is -0.876. The maximum atomic E-state index is 14.1. The summed E-state index contributed by atoms with van der Waals surface area (Å²) in [7, 11) is 1.44. The molecule has 0 amide bonds. The molecule has 5 nitrogen and oxygen atoms in total. The largest absolute Gasteiger partial charge is 0.496 e. The molecule has 7 heteroatoms. The van der Waals surface area contributed by atoms with Gasteiger partial charge >= 0.3 is 0 Å². The first-order valence-electron chi connectivity index (χ1n) is 7.47. The quantitative estimate of drug-likeness (QED) is 0.937. The highest BCUT2D eigenvalue weighted by Gasteiger charge is 2.23. The van der Waals surface area contributed by atoms with E-state index in [-0.39, 0.29) is 12.1 Å². The van der Waals surface area contributed by atoms with Crippen molar-refractivity contribution in [2.24, 2.45) is 0 Å². The van der Waals surface area contributed by atoms with Gasteiger partial charge in [-0.15, -0.1) is 0 Å². The number of hydrogen-bond acceptors (Lipinski definition) is 4. The number of rotatable bonds is 4. The molecule has 0 fully saturated rings. The molecule has 23 heavy (non-hydrogen) atoms. The number of hydrogen-bond donors (Lipinski definition) is 1. The second kappa shape index (κ2) is 6.25. The SMILES string of the molecule is COc1ccc(F)c(F)c1CN1CCn2nc(C(C)O)cc2C1. The Labute approximate surface area is 133 Å². The molecule has 1 N–H and O–H groups in total. The number of nitrogens with zero attached hydrogens (tertiary/aromatic N) is 3. The number of aliphatic hydroxyl groups is 1. The molecule has 0 saturated heterocycles. The van der Waals surface area contributed by atoms with Gasteiger partial charge in [-0.25, -0.2) is 8.78 Å². The lowest BCUT2D eigenvalue weighted by Crippen LogP contribution is -2.33. The van der Waals surface area contributed by atoms with Gasteiger partial charge in [0.15, 0.2) is 11.6 Å². The van der Waals surface area contributed by atoms with Crippen LogP contribution in [0, 0.1) is 11.6 Å². The fraction of sp³-hybridized carbons (Fsp3) is 0.438. The number of aliphatic hydroxyl groups excluding tert-OH is 1. The Morgan fingerprint density at radius 2 is 2.13 bits per heavy atom. The van der Waals surface area contributed by atoms with Gasteiger partial charge in [-0.3, -0.25) is 9.58 Å². The molecule has 1 atom stereocenters. The second-order valence-electron chi connectivity index (χ2n) is 5.71. The summed E-state index contributed by atoms with van der Waals surface area (Å²) in [6, 6.07) is 4.35. The topological polar surface area (TPSA) is 50.5 Å². The molecule has 0 spiro atoms. The lowest BCUT2D eigenvalue weighted by molar-refractivity contribution is 0.188. The lowest BCUT2D eigenvalue weighted by Gasteiger charge is -2.28. The Bertz CT molecular complexity index is 716. The van der Waals surface area contributed by atoms with Crippen molar-refractivity contribution < 1.29 is 18.6 Å². The van der Waals surface area contributed by atoms with Crippen LogP contribution in [0.2, 0.25) is 0 Å². The molecule has 0 aliphatic carbocycles. The van der Waals surface area contributed by atoms with E-state index in [1.807, 2.05) is 15.6 Å². The van der Waals surface area contributed by atoms with Gasteiger partial charge in [0.05, 0.1) is 31.1 Å². The van der Waals surface area contributed by atoms with Gasteiger partial charge in [-0.1, -0.05) is 0 Å². The van der Waals surface area contributed by atoms with Crippen LogP contribution >= 0.6 is 0 Å². The Balaban J connectivity index is 1.81. The van der Waals surface area contributed by atoms with Crippen molar-refractivity contribution >= 4 is 0 Å². The van der Waals surface area contributed by atoms with E-state index in [0.29, 0.717) is 31.1 Å². The van der Waals surface area contributed by atoms with Crippen molar-refractivity contribution in [1.29, 1.82) is 0 Å². The number of ether oxygens (including phenoxy) is 1. The molecule has 3 rings (SSSR count). The van der Waals surface area contributed by atoms with Gasteiger partial charge in [0.25, 0.3) is 0 Å². The van der Waals surface area contributed by atoms with Crippen molar-refractivity contribution in [2.45, 2.75) is 32.7 Å². The van der Waals surface area contributed by atoms with Crippen LogP contribution in [0.3, 0.4) is 0 Å². The molecule has 2 heterocycles. The van der Waals surface area contributed by atoms with Gasteiger partial charge in [0.1, 0.15) is 5.75 Å². The standard InChI is InChI=1S/C16H19F2N3O2/c1-10(22)14-7-11-8-20(5-6-21(11)19-14)9-12-15(23-2)4-3-13(17)16(12)18/h3-4,7,10,22H,5-6,8-9H2,1-2H3. The highest BCUT2D eigenvalue weighted by Crippen LogP contribution is 2.27. The molecular formula is C16H19F2N3O2. The third-order valence-electron chi connectivity index (χ3n) is 4.08. The van der Waals surface area contributed by atoms with Gasteiger partial charge < -0.3 is 9.84 Å². The molecule has 1 aromatic heterocycles.